The lowest BCUT2D eigenvalue weighted by Gasteiger charge is -2.20. The molecule has 3 aliphatic heterocycles. The van der Waals surface area contributed by atoms with Gasteiger partial charge in [-0.15, -0.1) is 0 Å². The van der Waals surface area contributed by atoms with Crippen LogP contribution < -0.4 is 10.6 Å². The van der Waals surface area contributed by atoms with Crippen molar-refractivity contribution in [1.29, 1.82) is 0 Å². The number of amides is 1. The summed E-state index contributed by atoms with van der Waals surface area (Å²) in [6.45, 7) is 2.21. The maximum absolute atomic E-state index is 11.8. The van der Waals surface area contributed by atoms with E-state index in [2.05, 4.69) is 10.6 Å². The summed E-state index contributed by atoms with van der Waals surface area (Å²) < 4.78 is 5.74. The van der Waals surface area contributed by atoms with Gasteiger partial charge in [-0.3, -0.25) is 4.79 Å². The Balaban J connectivity index is 1.38. The average Bonchev–Trinajstić information content (AvgIpc) is 3.03. The normalized spacial score (nSPS) is 39.8. The molecule has 3 heterocycles. The Morgan fingerprint density at radius 2 is 2.29 bits per heavy atom. The Kier molecular flexibility index (Phi) is 3.34. The number of hydrogen-bond acceptors (Lipinski definition) is 3. The van der Waals surface area contributed by atoms with E-state index in [4.69, 9.17) is 4.74 Å². The highest BCUT2D eigenvalue weighted by molar-refractivity contribution is 5.76. The molecule has 0 aromatic heterocycles. The van der Waals surface area contributed by atoms with E-state index in [9.17, 15) is 4.79 Å². The van der Waals surface area contributed by atoms with Crippen molar-refractivity contribution in [2.75, 3.05) is 13.1 Å². The number of carbonyl (C=O) groups excluding carboxylic acids is 1. The first-order chi connectivity index (χ1) is 8.31. The van der Waals surface area contributed by atoms with E-state index >= 15 is 0 Å². The zero-order valence-corrected chi connectivity index (χ0v) is 10.3. The maximum atomic E-state index is 11.8. The van der Waals surface area contributed by atoms with Gasteiger partial charge < -0.3 is 15.4 Å². The van der Waals surface area contributed by atoms with Crippen LogP contribution in [0.5, 0.6) is 0 Å². The Morgan fingerprint density at radius 3 is 2.94 bits per heavy atom. The second kappa shape index (κ2) is 4.94. The van der Waals surface area contributed by atoms with Crippen molar-refractivity contribution in [2.24, 2.45) is 5.92 Å². The van der Waals surface area contributed by atoms with Gasteiger partial charge in [-0.25, -0.2) is 0 Å². The van der Waals surface area contributed by atoms with Crippen LogP contribution in [0, 0.1) is 5.92 Å². The van der Waals surface area contributed by atoms with Gasteiger partial charge in [0, 0.05) is 6.42 Å². The molecule has 1 amide bonds. The smallest absolute Gasteiger partial charge is 0.220 e. The summed E-state index contributed by atoms with van der Waals surface area (Å²) in [6.07, 6.45) is 7.00. The molecule has 3 saturated heterocycles. The molecule has 4 atom stereocenters. The van der Waals surface area contributed by atoms with Gasteiger partial charge in [0.05, 0.1) is 18.2 Å². The lowest BCUT2D eigenvalue weighted by Crippen LogP contribution is -2.41. The summed E-state index contributed by atoms with van der Waals surface area (Å²) in [5, 5.41) is 6.49. The predicted molar refractivity (Wildman–Crippen MR) is 64.7 cm³/mol. The SMILES string of the molecule is O=C(CCC1CCNC1)N[C@@H]1C[C@H]2CC[C@@H]1O2. The molecule has 96 valence electrons. The first-order valence-corrected chi connectivity index (χ1v) is 6.97. The number of nitrogens with one attached hydrogen (secondary N) is 2. The predicted octanol–water partition coefficient (Wildman–Crippen LogP) is 0.812. The third-order valence-corrected chi connectivity index (χ3v) is 4.39. The number of rotatable bonds is 4. The molecule has 0 aromatic carbocycles. The summed E-state index contributed by atoms with van der Waals surface area (Å²) >= 11 is 0. The van der Waals surface area contributed by atoms with Crippen molar-refractivity contribution in [3.05, 3.63) is 0 Å². The van der Waals surface area contributed by atoms with Crippen LogP contribution >= 0.6 is 0 Å². The van der Waals surface area contributed by atoms with Crippen molar-refractivity contribution in [3.8, 4) is 0 Å². The minimum Gasteiger partial charge on any atom is -0.373 e. The molecule has 3 fully saturated rings. The van der Waals surface area contributed by atoms with E-state index in [0.717, 1.165) is 32.4 Å². The van der Waals surface area contributed by atoms with Gasteiger partial charge in [0.1, 0.15) is 0 Å². The minimum absolute atomic E-state index is 0.220. The topological polar surface area (TPSA) is 50.4 Å². The molecule has 3 aliphatic rings. The van der Waals surface area contributed by atoms with Crippen LogP contribution in [0.15, 0.2) is 0 Å². The van der Waals surface area contributed by atoms with Gasteiger partial charge in [0.25, 0.3) is 0 Å². The van der Waals surface area contributed by atoms with Crippen molar-refractivity contribution in [1.82, 2.24) is 10.6 Å². The summed E-state index contributed by atoms with van der Waals surface area (Å²) in [6, 6.07) is 0.294. The van der Waals surface area contributed by atoms with E-state index in [-0.39, 0.29) is 5.91 Å². The summed E-state index contributed by atoms with van der Waals surface area (Å²) in [5.41, 5.74) is 0. The van der Waals surface area contributed by atoms with Crippen molar-refractivity contribution < 1.29 is 9.53 Å². The Labute approximate surface area is 102 Å². The highest BCUT2D eigenvalue weighted by atomic mass is 16.5. The van der Waals surface area contributed by atoms with Gasteiger partial charge in [0.2, 0.25) is 5.91 Å². The Bertz CT molecular complexity index is 289. The number of ether oxygens (including phenoxy) is 1. The molecule has 2 N–H and O–H groups in total. The van der Waals surface area contributed by atoms with E-state index in [0.29, 0.717) is 30.6 Å². The molecule has 4 heteroatoms. The van der Waals surface area contributed by atoms with Crippen molar-refractivity contribution in [2.45, 2.75) is 56.8 Å². The molecular weight excluding hydrogens is 216 g/mol. The first-order valence-electron chi connectivity index (χ1n) is 6.97. The van der Waals surface area contributed by atoms with Crippen LogP contribution in [0.2, 0.25) is 0 Å². The van der Waals surface area contributed by atoms with Crippen LogP contribution in [-0.2, 0) is 9.53 Å². The molecule has 1 unspecified atom stereocenters. The summed E-state index contributed by atoms with van der Waals surface area (Å²) in [5.74, 6) is 0.926. The van der Waals surface area contributed by atoms with E-state index in [1.807, 2.05) is 0 Å². The van der Waals surface area contributed by atoms with Crippen LogP contribution in [-0.4, -0.2) is 37.2 Å². The fourth-order valence-electron chi connectivity index (χ4n) is 3.36. The van der Waals surface area contributed by atoms with Crippen LogP contribution in [0.3, 0.4) is 0 Å². The van der Waals surface area contributed by atoms with Gasteiger partial charge in [-0.05, 0) is 51.1 Å². The maximum Gasteiger partial charge on any atom is 0.220 e. The van der Waals surface area contributed by atoms with Gasteiger partial charge in [-0.1, -0.05) is 0 Å². The molecule has 0 aromatic rings. The van der Waals surface area contributed by atoms with Crippen molar-refractivity contribution >= 4 is 5.91 Å². The van der Waals surface area contributed by atoms with Gasteiger partial charge in [-0.2, -0.15) is 0 Å². The minimum atomic E-state index is 0.220. The molecule has 2 bridgehead atoms. The largest absolute Gasteiger partial charge is 0.373 e. The van der Waals surface area contributed by atoms with E-state index in [1.54, 1.807) is 0 Å². The zero-order valence-electron chi connectivity index (χ0n) is 10.3. The quantitative estimate of drug-likeness (QED) is 0.762. The lowest BCUT2D eigenvalue weighted by molar-refractivity contribution is -0.122. The fraction of sp³-hybridized carbons (Fsp3) is 0.923. The number of carbonyl (C=O) groups is 1. The molecule has 0 saturated carbocycles. The summed E-state index contributed by atoms with van der Waals surface area (Å²) in [7, 11) is 0. The first kappa shape index (κ1) is 11.5. The third kappa shape index (κ3) is 2.63. The number of hydrogen-bond donors (Lipinski definition) is 2. The molecule has 0 radical (unpaired) electrons. The molecule has 17 heavy (non-hydrogen) atoms. The average molecular weight is 238 g/mol. The molecule has 4 nitrogen and oxygen atoms in total. The second-order valence-electron chi connectivity index (χ2n) is 5.68. The Morgan fingerprint density at radius 1 is 1.35 bits per heavy atom. The van der Waals surface area contributed by atoms with E-state index < -0.39 is 0 Å². The van der Waals surface area contributed by atoms with Crippen LogP contribution in [0.1, 0.15) is 38.5 Å². The molecule has 3 rings (SSSR count). The third-order valence-electron chi connectivity index (χ3n) is 4.39. The standard InChI is InChI=1S/C13H22N2O2/c16-13(4-1-9-5-6-14-8-9)15-11-7-10-2-3-12(11)17-10/h9-12,14H,1-8H2,(H,15,16)/t9?,10-,11-,12+/m1/s1. The van der Waals surface area contributed by atoms with Crippen LogP contribution in [0.25, 0.3) is 0 Å². The molecule has 0 spiro atoms. The lowest BCUT2D eigenvalue weighted by atomic mass is 9.95. The monoisotopic (exact) mass is 238 g/mol. The molecular formula is C13H22N2O2. The highest BCUT2D eigenvalue weighted by Crippen LogP contribution is 2.34. The van der Waals surface area contributed by atoms with Crippen molar-refractivity contribution in [3.63, 3.8) is 0 Å². The van der Waals surface area contributed by atoms with E-state index in [1.165, 1.54) is 12.8 Å². The number of fused-ring (bicyclic) bond motifs is 2. The Hall–Kier alpha value is -0.610. The second-order valence-corrected chi connectivity index (χ2v) is 5.68. The zero-order chi connectivity index (χ0) is 11.7. The molecule has 0 aliphatic carbocycles. The van der Waals surface area contributed by atoms with Gasteiger partial charge in [0.15, 0.2) is 0 Å². The van der Waals surface area contributed by atoms with Gasteiger partial charge >= 0.3 is 0 Å². The van der Waals surface area contributed by atoms with Crippen LogP contribution in [0.4, 0.5) is 0 Å². The highest BCUT2D eigenvalue weighted by Gasteiger charge is 2.41. The fourth-order valence-corrected chi connectivity index (χ4v) is 3.36. The summed E-state index contributed by atoms with van der Waals surface area (Å²) in [4.78, 5) is 11.8.